The van der Waals surface area contributed by atoms with Crippen LogP contribution in [-0.2, 0) is 23.0 Å². The van der Waals surface area contributed by atoms with Crippen molar-refractivity contribution >= 4 is 21.3 Å². The van der Waals surface area contributed by atoms with Crippen LogP contribution in [0.1, 0.15) is 38.3 Å². The van der Waals surface area contributed by atoms with E-state index in [-0.39, 0.29) is 23.1 Å². The van der Waals surface area contributed by atoms with Gasteiger partial charge in [-0.25, -0.2) is 8.42 Å². The fourth-order valence-electron chi connectivity index (χ4n) is 4.19. The number of Topliss-reactive ketones (excluding diaryl/α,β-unsaturated/α-hetero) is 1. The van der Waals surface area contributed by atoms with Crippen LogP contribution in [0.15, 0.2) is 77.7 Å². The summed E-state index contributed by atoms with van der Waals surface area (Å²) < 4.78 is 33.3. The third-order valence-electron chi connectivity index (χ3n) is 5.96. The Balaban J connectivity index is 1.66. The van der Waals surface area contributed by atoms with Crippen LogP contribution in [0.2, 0.25) is 0 Å². The van der Waals surface area contributed by atoms with E-state index in [4.69, 9.17) is 10.5 Å². The molecule has 0 saturated carbocycles. The highest BCUT2D eigenvalue weighted by molar-refractivity contribution is 7.92. The van der Waals surface area contributed by atoms with Crippen LogP contribution in [-0.4, -0.2) is 29.7 Å². The van der Waals surface area contributed by atoms with Gasteiger partial charge < -0.3 is 10.5 Å². The van der Waals surface area contributed by atoms with E-state index in [0.717, 1.165) is 27.8 Å². The number of ether oxygens (including phenoxy) is 1. The number of ketones is 1. The lowest BCUT2D eigenvalue weighted by Gasteiger charge is -2.13. The molecule has 0 unspecified atom stereocenters. The number of hydrogen-bond donors (Lipinski definition) is 1. The predicted octanol–water partition coefficient (Wildman–Crippen LogP) is 4.67. The predicted molar refractivity (Wildman–Crippen MR) is 140 cm³/mol. The van der Waals surface area contributed by atoms with E-state index in [0.29, 0.717) is 12.2 Å². The van der Waals surface area contributed by atoms with Gasteiger partial charge in [-0.3, -0.25) is 9.48 Å². The van der Waals surface area contributed by atoms with Gasteiger partial charge in [-0.2, -0.15) is 0 Å². The van der Waals surface area contributed by atoms with Crippen molar-refractivity contribution in [3.63, 3.8) is 0 Å². The smallest absolute Gasteiger partial charge is 0.233 e. The molecule has 2 N–H and O–H groups in total. The average Bonchev–Trinajstić information content (AvgIpc) is 3.23. The maximum Gasteiger partial charge on any atom is 0.233 e. The fraction of sp³-hybridized carbons (Fsp3) is 0.214. The Kier molecular flexibility index (Phi) is 7.26. The highest BCUT2D eigenvalue weighted by Crippen LogP contribution is 2.23. The van der Waals surface area contributed by atoms with Gasteiger partial charge in [-0.05, 0) is 61.2 Å². The number of sulfone groups is 1. The zero-order chi connectivity index (χ0) is 25.9. The summed E-state index contributed by atoms with van der Waals surface area (Å²) in [6, 6.07) is 21.2. The standard InChI is InChI=1S/C28H29N3O4S/c1-19-12-20(2)25(21(3)13-19)16-31-26(15-28(30-31)35-17-22-8-5-4-6-9-22)27(32)18-36(33,34)24-11-7-10-23(29)14-24/h4-15H,16-18,29H2,1-3H3. The van der Waals surface area contributed by atoms with Gasteiger partial charge >= 0.3 is 0 Å². The van der Waals surface area contributed by atoms with Gasteiger partial charge in [0.2, 0.25) is 5.88 Å². The summed E-state index contributed by atoms with van der Waals surface area (Å²) in [4.78, 5) is 13.3. The van der Waals surface area contributed by atoms with Crippen LogP contribution >= 0.6 is 0 Å². The topological polar surface area (TPSA) is 104 Å². The van der Waals surface area contributed by atoms with E-state index in [9.17, 15) is 13.2 Å². The summed E-state index contributed by atoms with van der Waals surface area (Å²) >= 11 is 0. The number of rotatable bonds is 9. The summed E-state index contributed by atoms with van der Waals surface area (Å²) in [6.07, 6.45) is 0. The lowest BCUT2D eigenvalue weighted by molar-refractivity contribution is 0.101. The number of anilines is 1. The molecule has 0 aliphatic rings. The van der Waals surface area contributed by atoms with E-state index < -0.39 is 21.4 Å². The third-order valence-corrected chi connectivity index (χ3v) is 7.57. The molecule has 0 aliphatic heterocycles. The van der Waals surface area contributed by atoms with E-state index in [2.05, 4.69) is 17.2 Å². The van der Waals surface area contributed by atoms with Gasteiger partial charge in [0.25, 0.3) is 0 Å². The Hall–Kier alpha value is -3.91. The van der Waals surface area contributed by atoms with Crippen molar-refractivity contribution in [2.75, 3.05) is 11.5 Å². The van der Waals surface area contributed by atoms with Crippen molar-refractivity contribution in [2.45, 2.75) is 38.8 Å². The molecule has 1 aromatic heterocycles. The van der Waals surface area contributed by atoms with Crippen LogP contribution in [0.3, 0.4) is 0 Å². The second kappa shape index (κ2) is 10.4. The van der Waals surface area contributed by atoms with E-state index >= 15 is 0 Å². The van der Waals surface area contributed by atoms with Crippen molar-refractivity contribution in [1.82, 2.24) is 9.78 Å². The lowest BCUT2D eigenvalue weighted by Crippen LogP contribution is -2.21. The highest BCUT2D eigenvalue weighted by atomic mass is 32.2. The Labute approximate surface area is 211 Å². The highest BCUT2D eigenvalue weighted by Gasteiger charge is 2.25. The third kappa shape index (κ3) is 5.83. The summed E-state index contributed by atoms with van der Waals surface area (Å²) in [5.41, 5.74) is 11.5. The molecular formula is C28H29N3O4S. The van der Waals surface area contributed by atoms with E-state index in [1.54, 1.807) is 12.1 Å². The Bertz CT molecular complexity index is 1490. The molecule has 7 nitrogen and oxygen atoms in total. The summed E-state index contributed by atoms with van der Waals surface area (Å²) in [5, 5.41) is 4.52. The summed E-state index contributed by atoms with van der Waals surface area (Å²) in [6.45, 7) is 6.64. The molecule has 0 spiro atoms. The first-order valence-corrected chi connectivity index (χ1v) is 13.2. The Morgan fingerprint density at radius 2 is 1.64 bits per heavy atom. The average molecular weight is 504 g/mol. The molecule has 0 radical (unpaired) electrons. The number of hydrogen-bond acceptors (Lipinski definition) is 6. The zero-order valence-corrected chi connectivity index (χ0v) is 21.4. The largest absolute Gasteiger partial charge is 0.472 e. The minimum atomic E-state index is -3.90. The maximum atomic E-state index is 13.3. The number of nitrogen functional groups attached to an aromatic ring is 1. The second-order valence-corrected chi connectivity index (χ2v) is 10.9. The minimum Gasteiger partial charge on any atom is -0.472 e. The number of aromatic nitrogens is 2. The molecule has 0 fully saturated rings. The van der Waals surface area contributed by atoms with Gasteiger partial charge in [0.05, 0.1) is 11.4 Å². The molecule has 186 valence electrons. The van der Waals surface area contributed by atoms with E-state index in [1.807, 2.05) is 51.1 Å². The van der Waals surface area contributed by atoms with Crippen LogP contribution in [0.4, 0.5) is 5.69 Å². The number of aryl methyl sites for hydroxylation is 3. The van der Waals surface area contributed by atoms with Crippen LogP contribution < -0.4 is 10.5 Å². The summed E-state index contributed by atoms with van der Waals surface area (Å²) in [7, 11) is -3.90. The molecule has 8 heteroatoms. The SMILES string of the molecule is Cc1cc(C)c(Cn2nc(OCc3ccccc3)cc2C(=O)CS(=O)(=O)c2cccc(N)c2)c(C)c1. The lowest BCUT2D eigenvalue weighted by atomic mass is 10.00. The van der Waals surface area contributed by atoms with Crippen LogP contribution in [0.5, 0.6) is 5.88 Å². The normalized spacial score (nSPS) is 11.4. The zero-order valence-electron chi connectivity index (χ0n) is 20.6. The van der Waals surface area contributed by atoms with Crippen molar-refractivity contribution in [1.29, 1.82) is 0 Å². The minimum absolute atomic E-state index is 0.00712. The molecule has 3 aromatic carbocycles. The van der Waals surface area contributed by atoms with Crippen LogP contribution in [0.25, 0.3) is 0 Å². The fourth-order valence-corrected chi connectivity index (χ4v) is 5.45. The number of benzene rings is 3. The second-order valence-electron chi connectivity index (χ2n) is 8.93. The van der Waals surface area contributed by atoms with E-state index in [1.165, 1.54) is 22.9 Å². The molecule has 4 rings (SSSR count). The first kappa shape index (κ1) is 25.2. The quantitative estimate of drug-likeness (QED) is 0.263. The first-order chi connectivity index (χ1) is 17.1. The monoisotopic (exact) mass is 503 g/mol. The van der Waals surface area contributed by atoms with Gasteiger partial charge in [0.15, 0.2) is 15.6 Å². The molecule has 4 aromatic rings. The molecule has 0 atom stereocenters. The molecule has 0 saturated heterocycles. The Morgan fingerprint density at radius 3 is 2.31 bits per heavy atom. The van der Waals surface area contributed by atoms with Crippen molar-refractivity contribution < 1.29 is 17.9 Å². The molecule has 0 aliphatic carbocycles. The summed E-state index contributed by atoms with van der Waals surface area (Å²) in [5.74, 6) is -1.01. The maximum absolute atomic E-state index is 13.3. The molecule has 1 heterocycles. The Morgan fingerprint density at radius 1 is 0.944 bits per heavy atom. The number of nitrogens with zero attached hydrogens (tertiary/aromatic N) is 2. The van der Waals surface area contributed by atoms with Gasteiger partial charge in [0, 0.05) is 11.8 Å². The van der Waals surface area contributed by atoms with Crippen molar-refractivity contribution in [3.8, 4) is 5.88 Å². The number of nitrogens with two attached hydrogens (primary N) is 1. The molecular weight excluding hydrogens is 474 g/mol. The van der Waals surface area contributed by atoms with Gasteiger partial charge in [0.1, 0.15) is 18.1 Å². The number of carbonyl (C=O) groups is 1. The molecule has 36 heavy (non-hydrogen) atoms. The van der Waals surface area contributed by atoms with Crippen molar-refractivity contribution in [3.05, 3.63) is 106 Å². The van der Waals surface area contributed by atoms with Gasteiger partial charge in [-0.15, -0.1) is 5.10 Å². The van der Waals surface area contributed by atoms with Crippen molar-refractivity contribution in [2.24, 2.45) is 0 Å². The first-order valence-electron chi connectivity index (χ1n) is 11.5. The van der Waals surface area contributed by atoms with Crippen LogP contribution in [0, 0.1) is 20.8 Å². The molecule has 0 bridgehead atoms. The van der Waals surface area contributed by atoms with Gasteiger partial charge in [-0.1, -0.05) is 54.1 Å². The molecule has 0 amide bonds. The number of carbonyl (C=O) groups excluding carboxylic acids is 1.